The highest BCUT2D eigenvalue weighted by Gasteiger charge is 2.19. The molecule has 2 aromatic rings. The fourth-order valence-electron chi connectivity index (χ4n) is 2.18. The fourth-order valence-corrected chi connectivity index (χ4v) is 3.65. The molecule has 21 heavy (non-hydrogen) atoms. The van der Waals surface area contributed by atoms with Crippen molar-refractivity contribution in [2.45, 2.75) is 32.6 Å². The molecule has 5 heteroatoms. The lowest BCUT2D eigenvalue weighted by molar-refractivity contribution is 0.600. The molecule has 0 atom stereocenters. The predicted octanol–water partition coefficient (Wildman–Crippen LogP) is 3.30. The molecule has 0 spiro atoms. The summed E-state index contributed by atoms with van der Waals surface area (Å²) in [6.45, 7) is 7.43. The summed E-state index contributed by atoms with van der Waals surface area (Å²) in [4.78, 5) is 0.223. The van der Waals surface area contributed by atoms with E-state index in [2.05, 4.69) is 4.72 Å². The van der Waals surface area contributed by atoms with E-state index >= 15 is 0 Å². The topological polar surface area (TPSA) is 72.2 Å². The standard InChI is InChI=1S/C16H20N2O2S/c1-10-5-6-11(2)15(7-10)18-21(19,20)16-9-14(17)8-12(3)13(16)4/h5-9,18H,17H2,1-4H3. The third kappa shape index (κ3) is 3.19. The molecule has 2 aromatic carbocycles. The van der Waals surface area contributed by atoms with E-state index in [0.717, 1.165) is 16.7 Å². The minimum absolute atomic E-state index is 0.223. The highest BCUT2D eigenvalue weighted by atomic mass is 32.2. The minimum Gasteiger partial charge on any atom is -0.399 e. The van der Waals surface area contributed by atoms with Crippen LogP contribution < -0.4 is 10.5 Å². The van der Waals surface area contributed by atoms with Crippen molar-refractivity contribution in [3.63, 3.8) is 0 Å². The average molecular weight is 304 g/mol. The molecule has 0 aliphatic heterocycles. The largest absolute Gasteiger partial charge is 0.399 e. The van der Waals surface area contributed by atoms with E-state index in [0.29, 0.717) is 16.9 Å². The molecule has 4 nitrogen and oxygen atoms in total. The lowest BCUT2D eigenvalue weighted by Crippen LogP contribution is -2.16. The number of anilines is 2. The van der Waals surface area contributed by atoms with Gasteiger partial charge in [-0.05, 0) is 68.1 Å². The second-order valence-corrected chi connectivity index (χ2v) is 7.04. The molecule has 0 unspecified atom stereocenters. The van der Waals surface area contributed by atoms with Crippen LogP contribution in [0, 0.1) is 27.7 Å². The number of hydrogen-bond donors (Lipinski definition) is 2. The van der Waals surface area contributed by atoms with Gasteiger partial charge in [0.15, 0.2) is 0 Å². The van der Waals surface area contributed by atoms with Crippen LogP contribution in [0.5, 0.6) is 0 Å². The molecule has 0 fully saturated rings. The Morgan fingerprint density at radius 3 is 2.29 bits per heavy atom. The number of benzene rings is 2. The summed E-state index contributed by atoms with van der Waals surface area (Å²) in [7, 11) is -3.66. The predicted molar refractivity (Wildman–Crippen MR) is 87.1 cm³/mol. The summed E-state index contributed by atoms with van der Waals surface area (Å²) in [6, 6.07) is 8.93. The van der Waals surface area contributed by atoms with E-state index in [1.165, 1.54) is 6.07 Å². The molecule has 112 valence electrons. The fraction of sp³-hybridized carbons (Fsp3) is 0.250. The van der Waals surface area contributed by atoms with Crippen molar-refractivity contribution in [2.75, 3.05) is 10.5 Å². The first kappa shape index (κ1) is 15.4. The third-order valence-corrected chi connectivity index (χ3v) is 5.06. The zero-order chi connectivity index (χ0) is 15.8. The summed E-state index contributed by atoms with van der Waals surface area (Å²) in [5.41, 5.74) is 10.3. The van der Waals surface area contributed by atoms with E-state index in [4.69, 9.17) is 5.73 Å². The molecule has 0 saturated heterocycles. The van der Waals surface area contributed by atoms with Gasteiger partial charge in [-0.2, -0.15) is 0 Å². The van der Waals surface area contributed by atoms with Crippen LogP contribution in [0.15, 0.2) is 35.2 Å². The monoisotopic (exact) mass is 304 g/mol. The maximum atomic E-state index is 12.6. The van der Waals surface area contributed by atoms with Gasteiger partial charge in [0, 0.05) is 5.69 Å². The first-order valence-corrected chi connectivity index (χ1v) is 8.16. The van der Waals surface area contributed by atoms with Crippen molar-refractivity contribution in [2.24, 2.45) is 0 Å². The SMILES string of the molecule is Cc1ccc(C)c(NS(=O)(=O)c2cc(N)cc(C)c2C)c1. The normalized spacial score (nSPS) is 11.4. The molecule has 2 rings (SSSR count). The Labute approximate surface area is 126 Å². The van der Waals surface area contributed by atoms with E-state index < -0.39 is 10.0 Å². The number of hydrogen-bond acceptors (Lipinski definition) is 3. The van der Waals surface area contributed by atoms with Gasteiger partial charge in [0.1, 0.15) is 0 Å². The maximum Gasteiger partial charge on any atom is 0.262 e. The molecule has 3 N–H and O–H groups in total. The zero-order valence-corrected chi connectivity index (χ0v) is 13.5. The van der Waals surface area contributed by atoms with Crippen LogP contribution in [0.2, 0.25) is 0 Å². The Morgan fingerprint density at radius 2 is 1.62 bits per heavy atom. The molecule has 0 bridgehead atoms. The lowest BCUT2D eigenvalue weighted by Gasteiger charge is -2.15. The van der Waals surface area contributed by atoms with Crippen LogP contribution in [0.4, 0.5) is 11.4 Å². The van der Waals surface area contributed by atoms with Crippen LogP contribution in [0.1, 0.15) is 22.3 Å². The smallest absolute Gasteiger partial charge is 0.262 e. The Bertz CT molecular complexity index is 796. The number of aryl methyl sites for hydroxylation is 3. The van der Waals surface area contributed by atoms with Crippen LogP contribution in [-0.4, -0.2) is 8.42 Å². The van der Waals surface area contributed by atoms with E-state index in [1.807, 2.05) is 39.0 Å². The first-order chi connectivity index (χ1) is 9.70. The summed E-state index contributed by atoms with van der Waals surface area (Å²) in [5.74, 6) is 0. The van der Waals surface area contributed by atoms with Gasteiger partial charge in [0.05, 0.1) is 10.6 Å². The van der Waals surface area contributed by atoms with Crippen molar-refractivity contribution < 1.29 is 8.42 Å². The van der Waals surface area contributed by atoms with Gasteiger partial charge in [-0.25, -0.2) is 8.42 Å². The molecule has 0 saturated carbocycles. The molecule has 0 aliphatic carbocycles. The summed E-state index contributed by atoms with van der Waals surface area (Å²) in [5, 5.41) is 0. The lowest BCUT2D eigenvalue weighted by atomic mass is 10.1. The second kappa shape index (κ2) is 5.41. The molecule has 0 aromatic heterocycles. The quantitative estimate of drug-likeness (QED) is 0.855. The Balaban J connectivity index is 2.51. The van der Waals surface area contributed by atoms with Gasteiger partial charge in [-0.15, -0.1) is 0 Å². The van der Waals surface area contributed by atoms with E-state index in [-0.39, 0.29) is 4.90 Å². The number of nitrogen functional groups attached to an aromatic ring is 1. The summed E-state index contributed by atoms with van der Waals surface area (Å²) in [6.07, 6.45) is 0. The molecular weight excluding hydrogens is 284 g/mol. The van der Waals surface area contributed by atoms with E-state index in [1.54, 1.807) is 13.0 Å². The minimum atomic E-state index is -3.66. The van der Waals surface area contributed by atoms with Gasteiger partial charge in [-0.1, -0.05) is 12.1 Å². The van der Waals surface area contributed by atoms with Crippen LogP contribution >= 0.6 is 0 Å². The molecule has 0 amide bonds. The van der Waals surface area contributed by atoms with Crippen molar-refractivity contribution in [3.05, 3.63) is 52.6 Å². The third-order valence-electron chi connectivity index (χ3n) is 3.57. The van der Waals surface area contributed by atoms with Gasteiger partial charge >= 0.3 is 0 Å². The Morgan fingerprint density at radius 1 is 0.952 bits per heavy atom. The van der Waals surface area contributed by atoms with E-state index in [9.17, 15) is 8.42 Å². The van der Waals surface area contributed by atoms with Crippen molar-refractivity contribution in [3.8, 4) is 0 Å². The number of nitrogens with two attached hydrogens (primary N) is 1. The summed E-state index contributed by atoms with van der Waals surface area (Å²) >= 11 is 0. The van der Waals surface area contributed by atoms with Crippen LogP contribution in [-0.2, 0) is 10.0 Å². The van der Waals surface area contributed by atoms with Gasteiger partial charge in [0.2, 0.25) is 0 Å². The van der Waals surface area contributed by atoms with Crippen molar-refractivity contribution >= 4 is 21.4 Å². The molecular formula is C16H20N2O2S. The molecule has 0 heterocycles. The molecule has 0 radical (unpaired) electrons. The number of nitrogens with one attached hydrogen (secondary N) is 1. The molecule has 0 aliphatic rings. The number of sulfonamides is 1. The Kier molecular flexibility index (Phi) is 3.96. The van der Waals surface area contributed by atoms with Gasteiger partial charge in [0.25, 0.3) is 10.0 Å². The first-order valence-electron chi connectivity index (χ1n) is 6.67. The van der Waals surface area contributed by atoms with Crippen LogP contribution in [0.25, 0.3) is 0 Å². The highest BCUT2D eigenvalue weighted by Crippen LogP contribution is 2.26. The average Bonchev–Trinajstić information content (AvgIpc) is 2.37. The Hall–Kier alpha value is -2.01. The summed E-state index contributed by atoms with van der Waals surface area (Å²) < 4.78 is 27.9. The number of rotatable bonds is 3. The maximum absolute atomic E-state index is 12.6. The van der Waals surface area contributed by atoms with Crippen molar-refractivity contribution in [1.82, 2.24) is 0 Å². The van der Waals surface area contributed by atoms with Crippen molar-refractivity contribution in [1.29, 1.82) is 0 Å². The zero-order valence-electron chi connectivity index (χ0n) is 12.7. The second-order valence-electron chi connectivity index (χ2n) is 5.38. The van der Waals surface area contributed by atoms with Gasteiger partial charge < -0.3 is 5.73 Å². The van der Waals surface area contributed by atoms with Crippen LogP contribution in [0.3, 0.4) is 0 Å². The van der Waals surface area contributed by atoms with Gasteiger partial charge in [-0.3, -0.25) is 4.72 Å². The highest BCUT2D eigenvalue weighted by molar-refractivity contribution is 7.92.